The van der Waals surface area contributed by atoms with Gasteiger partial charge in [0.25, 0.3) is 5.91 Å². The molecule has 1 heterocycles. The van der Waals surface area contributed by atoms with Gasteiger partial charge in [-0.15, -0.1) is 0 Å². The van der Waals surface area contributed by atoms with Crippen LogP contribution >= 0.6 is 0 Å². The van der Waals surface area contributed by atoms with Gasteiger partial charge in [0.1, 0.15) is 5.75 Å². The van der Waals surface area contributed by atoms with Gasteiger partial charge in [-0.25, -0.2) is 0 Å². The first-order valence-electron chi connectivity index (χ1n) is 8.44. The maximum absolute atomic E-state index is 12.4. The van der Waals surface area contributed by atoms with E-state index in [4.69, 9.17) is 0 Å². The molecule has 1 aliphatic rings. The molecule has 3 rings (SSSR count). The van der Waals surface area contributed by atoms with E-state index >= 15 is 0 Å². The number of aliphatic hydroxyl groups excluding tert-OH is 1. The summed E-state index contributed by atoms with van der Waals surface area (Å²) in [5, 5.41) is 22.0. The van der Waals surface area contributed by atoms with Gasteiger partial charge in [0.05, 0.1) is 11.1 Å². The van der Waals surface area contributed by atoms with Gasteiger partial charge >= 0.3 is 6.61 Å². The molecular formula is C18H20F2N2O4. The highest BCUT2D eigenvalue weighted by molar-refractivity contribution is 5.97. The molecule has 0 radical (unpaired) electrons. The van der Waals surface area contributed by atoms with Crippen LogP contribution in [0.3, 0.4) is 0 Å². The number of halogens is 2. The van der Waals surface area contributed by atoms with Crippen LogP contribution in [-0.2, 0) is 0 Å². The Balaban J connectivity index is 1.65. The number of rotatable bonds is 5. The Morgan fingerprint density at radius 1 is 1.19 bits per heavy atom. The van der Waals surface area contributed by atoms with Gasteiger partial charge in [0.2, 0.25) is 0 Å². The molecule has 2 aromatic rings. The molecule has 0 saturated heterocycles. The van der Waals surface area contributed by atoms with Crippen molar-refractivity contribution < 1.29 is 28.5 Å². The molecule has 140 valence electrons. The number of hydrogen-bond acceptors (Lipinski definition) is 5. The summed E-state index contributed by atoms with van der Waals surface area (Å²) in [7, 11) is 0. The highest BCUT2D eigenvalue weighted by Crippen LogP contribution is 2.26. The predicted molar refractivity (Wildman–Crippen MR) is 89.8 cm³/mol. The third kappa shape index (κ3) is 4.44. The number of ether oxygens (including phenoxy) is 1. The van der Waals surface area contributed by atoms with Gasteiger partial charge in [0, 0.05) is 29.6 Å². The summed E-state index contributed by atoms with van der Waals surface area (Å²) >= 11 is 0. The van der Waals surface area contributed by atoms with Gasteiger partial charge in [-0.2, -0.15) is 8.78 Å². The van der Waals surface area contributed by atoms with Crippen molar-refractivity contribution in [3.8, 4) is 5.75 Å². The van der Waals surface area contributed by atoms with Crippen molar-refractivity contribution in [3.05, 3.63) is 36.0 Å². The summed E-state index contributed by atoms with van der Waals surface area (Å²) in [6.07, 6.45) is 2.74. The van der Waals surface area contributed by atoms with Gasteiger partial charge in [0.15, 0.2) is 6.29 Å². The van der Waals surface area contributed by atoms with E-state index in [1.807, 2.05) is 0 Å². The zero-order valence-electron chi connectivity index (χ0n) is 13.9. The summed E-state index contributed by atoms with van der Waals surface area (Å²) in [6, 6.07) is 6.00. The molecule has 6 nitrogen and oxygen atoms in total. The average molecular weight is 366 g/mol. The van der Waals surface area contributed by atoms with Crippen molar-refractivity contribution in [1.29, 1.82) is 0 Å². The Hall–Kier alpha value is -2.32. The Labute approximate surface area is 148 Å². The fourth-order valence-electron chi connectivity index (χ4n) is 3.23. The second-order valence-electron chi connectivity index (χ2n) is 6.46. The van der Waals surface area contributed by atoms with E-state index in [2.05, 4.69) is 15.0 Å². The molecule has 0 unspecified atom stereocenters. The van der Waals surface area contributed by atoms with E-state index < -0.39 is 12.9 Å². The second-order valence-corrected chi connectivity index (χ2v) is 6.46. The van der Waals surface area contributed by atoms with Crippen LogP contribution in [0.15, 0.2) is 30.5 Å². The first kappa shape index (κ1) is 18.5. The molecule has 26 heavy (non-hydrogen) atoms. The van der Waals surface area contributed by atoms with Crippen molar-refractivity contribution in [2.24, 2.45) is 5.92 Å². The third-order valence-electron chi connectivity index (χ3n) is 4.67. The van der Waals surface area contributed by atoms with Crippen LogP contribution in [0, 0.1) is 5.92 Å². The minimum absolute atomic E-state index is 0.0139. The van der Waals surface area contributed by atoms with Crippen LogP contribution in [0.4, 0.5) is 8.78 Å². The molecule has 1 saturated carbocycles. The van der Waals surface area contributed by atoms with Crippen LogP contribution in [0.2, 0.25) is 0 Å². The van der Waals surface area contributed by atoms with E-state index in [0.29, 0.717) is 42.1 Å². The molecule has 0 bridgehead atoms. The molecule has 1 aromatic heterocycles. The molecule has 0 spiro atoms. The zero-order chi connectivity index (χ0) is 18.7. The number of carbonyl (C=O) groups excluding carboxylic acids is 1. The topological polar surface area (TPSA) is 91.7 Å². The van der Waals surface area contributed by atoms with E-state index in [1.54, 1.807) is 12.1 Å². The number of amides is 1. The molecule has 8 heteroatoms. The average Bonchev–Trinajstić information content (AvgIpc) is 2.61. The summed E-state index contributed by atoms with van der Waals surface area (Å²) in [5.41, 5.74) is 0.835. The number of alkyl halides is 2. The molecule has 1 aromatic carbocycles. The van der Waals surface area contributed by atoms with Gasteiger partial charge < -0.3 is 20.3 Å². The number of carbonyl (C=O) groups is 1. The van der Waals surface area contributed by atoms with E-state index in [0.717, 1.165) is 0 Å². The van der Waals surface area contributed by atoms with Crippen LogP contribution in [0.5, 0.6) is 5.75 Å². The molecule has 0 atom stereocenters. The van der Waals surface area contributed by atoms with Crippen LogP contribution in [-0.4, -0.2) is 40.0 Å². The molecular weight excluding hydrogens is 346 g/mol. The molecule has 3 N–H and O–H groups in total. The summed E-state index contributed by atoms with van der Waals surface area (Å²) in [5.74, 6) is -0.393. The summed E-state index contributed by atoms with van der Waals surface area (Å²) < 4.78 is 28.9. The van der Waals surface area contributed by atoms with Crippen molar-refractivity contribution in [3.63, 3.8) is 0 Å². The fraction of sp³-hybridized carbons (Fsp3) is 0.444. The first-order chi connectivity index (χ1) is 12.4. The minimum Gasteiger partial charge on any atom is -0.435 e. The molecule has 1 amide bonds. The number of benzene rings is 1. The smallest absolute Gasteiger partial charge is 0.387 e. The van der Waals surface area contributed by atoms with E-state index in [9.17, 15) is 23.8 Å². The third-order valence-corrected chi connectivity index (χ3v) is 4.67. The van der Waals surface area contributed by atoms with Crippen LogP contribution in [0.25, 0.3) is 10.9 Å². The Morgan fingerprint density at radius 3 is 2.58 bits per heavy atom. The van der Waals surface area contributed by atoms with E-state index in [-0.39, 0.29) is 23.6 Å². The minimum atomic E-state index is -2.90. The largest absolute Gasteiger partial charge is 0.435 e. The van der Waals surface area contributed by atoms with E-state index in [1.165, 1.54) is 18.3 Å². The number of aromatic nitrogens is 1. The quantitative estimate of drug-likeness (QED) is 0.707. The first-order valence-corrected chi connectivity index (χ1v) is 8.44. The zero-order valence-corrected chi connectivity index (χ0v) is 13.9. The van der Waals surface area contributed by atoms with Crippen LogP contribution < -0.4 is 10.1 Å². The highest BCUT2D eigenvalue weighted by atomic mass is 19.3. The standard InChI is InChI=1S/C18H20F2N2O4/c19-18(20)26-14-6-3-11-7-12(9-21-15(11)8-14)16(23)22-13-4-1-10(2-5-13)17(24)25/h3,6-10,13,17-18,24-25H,1-2,4-5H2,(H,22,23)/t10-,13-. The SMILES string of the molecule is O=C(N[C@H]1CC[C@H](C(O)O)CC1)c1cnc2cc(OC(F)F)ccc2c1. The monoisotopic (exact) mass is 366 g/mol. The number of hydrogen-bond donors (Lipinski definition) is 3. The number of nitrogens with one attached hydrogen (secondary N) is 1. The number of aliphatic hydroxyl groups is 2. The normalized spacial score (nSPS) is 20.5. The number of fused-ring (bicyclic) bond motifs is 1. The predicted octanol–water partition coefficient (Wildman–Crippen LogP) is 2.44. The number of nitrogens with zero attached hydrogens (tertiary/aromatic N) is 1. The molecule has 1 fully saturated rings. The van der Waals surface area contributed by atoms with Crippen molar-refractivity contribution in [2.75, 3.05) is 0 Å². The summed E-state index contributed by atoms with van der Waals surface area (Å²) in [4.78, 5) is 16.6. The van der Waals surface area contributed by atoms with Gasteiger partial charge in [-0.05, 0) is 43.9 Å². The lowest BCUT2D eigenvalue weighted by molar-refractivity contribution is -0.0940. The van der Waals surface area contributed by atoms with Gasteiger partial charge in [-0.3, -0.25) is 9.78 Å². The van der Waals surface area contributed by atoms with Crippen LogP contribution in [0.1, 0.15) is 36.0 Å². The lowest BCUT2D eigenvalue weighted by Gasteiger charge is -2.29. The van der Waals surface area contributed by atoms with Crippen molar-refractivity contribution in [2.45, 2.75) is 44.6 Å². The second kappa shape index (κ2) is 7.92. The maximum Gasteiger partial charge on any atom is 0.387 e. The molecule has 0 aliphatic heterocycles. The Morgan fingerprint density at radius 2 is 1.92 bits per heavy atom. The lowest BCUT2D eigenvalue weighted by atomic mass is 9.85. The van der Waals surface area contributed by atoms with Gasteiger partial charge in [-0.1, -0.05) is 0 Å². The Kier molecular flexibility index (Phi) is 5.63. The fourth-order valence-corrected chi connectivity index (χ4v) is 3.23. The Bertz CT molecular complexity index is 777. The highest BCUT2D eigenvalue weighted by Gasteiger charge is 2.26. The summed E-state index contributed by atoms with van der Waals surface area (Å²) in [6.45, 7) is -2.90. The maximum atomic E-state index is 12.4. The van der Waals surface area contributed by atoms with Crippen molar-refractivity contribution >= 4 is 16.8 Å². The molecule has 1 aliphatic carbocycles. The van der Waals surface area contributed by atoms with Crippen molar-refractivity contribution in [1.82, 2.24) is 10.3 Å². The lowest BCUT2D eigenvalue weighted by Crippen LogP contribution is -2.39. The number of pyridine rings is 1.